The second-order valence-electron chi connectivity index (χ2n) is 18.8. The van der Waals surface area contributed by atoms with E-state index in [1.165, 1.54) is 77.9 Å². The van der Waals surface area contributed by atoms with E-state index in [4.69, 9.17) is 0 Å². The molecule has 0 N–H and O–H groups in total. The molecule has 0 aliphatic heterocycles. The summed E-state index contributed by atoms with van der Waals surface area (Å²) in [5.74, 6) is 0. The van der Waals surface area contributed by atoms with Crippen molar-refractivity contribution in [3.05, 3.63) is 240 Å². The number of fused-ring (bicyclic) bond motifs is 6. The highest BCUT2D eigenvalue weighted by Crippen LogP contribution is 2.57. The summed E-state index contributed by atoms with van der Waals surface area (Å²) in [4.78, 5) is 4.66. The summed E-state index contributed by atoms with van der Waals surface area (Å²) in [7, 11) is 0. The van der Waals surface area contributed by atoms with Crippen molar-refractivity contribution in [2.75, 3.05) is 9.80 Å². The van der Waals surface area contributed by atoms with E-state index in [9.17, 15) is 0 Å². The largest absolute Gasteiger partial charge is 0.311 e. The Bertz CT molecular complexity index is 2960. The van der Waals surface area contributed by atoms with Crippen LogP contribution in [-0.4, -0.2) is 0 Å². The van der Waals surface area contributed by atoms with Gasteiger partial charge in [0.15, 0.2) is 0 Å². The summed E-state index contributed by atoms with van der Waals surface area (Å²) >= 11 is 0. The quantitative estimate of drug-likeness (QED) is 0.151. The van der Waals surface area contributed by atoms with Crippen molar-refractivity contribution in [3.8, 4) is 44.5 Å². The first kappa shape index (κ1) is 39.4. The Morgan fingerprint density at radius 3 is 0.891 bits per heavy atom. The highest BCUT2D eigenvalue weighted by molar-refractivity contribution is 5.92. The number of benzene rings is 9. The van der Waals surface area contributed by atoms with Gasteiger partial charge in [0.25, 0.3) is 0 Å². The van der Waals surface area contributed by atoms with Crippen LogP contribution < -0.4 is 9.80 Å². The monoisotopic (exact) mass is 824 g/mol. The van der Waals surface area contributed by atoms with Gasteiger partial charge in [0, 0.05) is 45.0 Å². The zero-order chi connectivity index (χ0) is 43.7. The lowest BCUT2D eigenvalue weighted by atomic mass is 9.79. The number of anilines is 6. The number of nitrogens with zero attached hydrogens (tertiary/aromatic N) is 2. The van der Waals surface area contributed by atoms with Crippen molar-refractivity contribution in [2.45, 2.75) is 52.4 Å². The van der Waals surface area contributed by atoms with Gasteiger partial charge in [0.05, 0.1) is 0 Å². The molecule has 2 heteroatoms. The standard InChI is InChI=1S/C62H52N2/c1-41-17-27-49(28-18-41)63(47-13-9-7-10-14-47)51-31-21-43(22-32-51)45-25-35-53-55-39-60-56(40-59(55)61(3,4)57(53)37-45)54-36-26-46(38-58(54)62(60,5)6)44-23-33-52(34-24-44)64(48-15-11-8-12-16-48)50-29-19-42(2)20-30-50/h7-40H,1-6H3. The Balaban J connectivity index is 0.892. The fraction of sp³-hybridized carbons (Fsp3) is 0.129. The van der Waals surface area contributed by atoms with E-state index < -0.39 is 0 Å². The molecule has 64 heavy (non-hydrogen) atoms. The molecule has 0 heterocycles. The normalized spacial score (nSPS) is 13.7. The molecule has 0 spiro atoms. The van der Waals surface area contributed by atoms with E-state index >= 15 is 0 Å². The highest BCUT2D eigenvalue weighted by Gasteiger charge is 2.42. The molecule has 0 amide bonds. The average molecular weight is 825 g/mol. The molecule has 0 saturated carbocycles. The number of hydrogen-bond donors (Lipinski definition) is 0. The molecule has 0 fully saturated rings. The number of aryl methyl sites for hydroxylation is 2. The van der Waals surface area contributed by atoms with Crippen molar-refractivity contribution in [3.63, 3.8) is 0 Å². The second-order valence-corrected chi connectivity index (χ2v) is 18.8. The number of rotatable bonds is 8. The van der Waals surface area contributed by atoms with Gasteiger partial charge in [0.2, 0.25) is 0 Å². The van der Waals surface area contributed by atoms with Gasteiger partial charge in [-0.2, -0.15) is 0 Å². The molecule has 0 unspecified atom stereocenters. The minimum Gasteiger partial charge on any atom is -0.311 e. The first-order valence-electron chi connectivity index (χ1n) is 22.6. The maximum absolute atomic E-state index is 2.52. The van der Waals surface area contributed by atoms with Crippen LogP contribution in [0.15, 0.2) is 206 Å². The van der Waals surface area contributed by atoms with Crippen molar-refractivity contribution >= 4 is 34.1 Å². The second kappa shape index (κ2) is 15.1. The summed E-state index contributed by atoms with van der Waals surface area (Å²) in [6, 6.07) is 76.3. The Morgan fingerprint density at radius 2 is 0.547 bits per heavy atom. The van der Waals surface area contributed by atoms with Gasteiger partial charge in [-0.1, -0.05) is 148 Å². The lowest BCUT2D eigenvalue weighted by molar-refractivity contribution is 0.652. The molecule has 9 aromatic carbocycles. The molecular weight excluding hydrogens is 773 g/mol. The summed E-state index contributed by atoms with van der Waals surface area (Å²) in [6.07, 6.45) is 0. The Kier molecular flexibility index (Phi) is 9.33. The van der Waals surface area contributed by atoms with Crippen molar-refractivity contribution in [1.82, 2.24) is 0 Å². The van der Waals surface area contributed by atoms with Crippen LogP contribution in [-0.2, 0) is 10.8 Å². The topological polar surface area (TPSA) is 6.48 Å². The van der Waals surface area contributed by atoms with Gasteiger partial charge >= 0.3 is 0 Å². The maximum atomic E-state index is 2.52. The van der Waals surface area contributed by atoms with Crippen LogP contribution in [0.3, 0.4) is 0 Å². The van der Waals surface area contributed by atoms with Gasteiger partial charge in [0.1, 0.15) is 0 Å². The predicted octanol–water partition coefficient (Wildman–Crippen LogP) is 17.2. The smallest absolute Gasteiger partial charge is 0.0462 e. The summed E-state index contributed by atoms with van der Waals surface area (Å²) < 4.78 is 0. The molecule has 0 radical (unpaired) electrons. The Hall–Kier alpha value is -7.42. The predicted molar refractivity (Wildman–Crippen MR) is 271 cm³/mol. The van der Waals surface area contributed by atoms with E-state index in [1.807, 2.05) is 0 Å². The van der Waals surface area contributed by atoms with Crippen molar-refractivity contribution in [2.24, 2.45) is 0 Å². The first-order chi connectivity index (χ1) is 31.0. The lowest BCUT2D eigenvalue weighted by Crippen LogP contribution is -2.17. The molecule has 2 aliphatic carbocycles. The average Bonchev–Trinajstić information content (AvgIpc) is 3.69. The van der Waals surface area contributed by atoms with Crippen molar-refractivity contribution in [1.29, 1.82) is 0 Å². The third-order valence-corrected chi connectivity index (χ3v) is 14.0. The minimum atomic E-state index is -0.147. The van der Waals surface area contributed by atoms with Gasteiger partial charge in [-0.15, -0.1) is 0 Å². The van der Waals surface area contributed by atoms with Crippen molar-refractivity contribution < 1.29 is 0 Å². The molecule has 11 rings (SSSR count). The number of para-hydroxylation sites is 2. The summed E-state index contributed by atoms with van der Waals surface area (Å²) in [6.45, 7) is 13.9. The molecule has 2 aliphatic rings. The lowest BCUT2D eigenvalue weighted by Gasteiger charge is -2.26. The van der Waals surface area contributed by atoms with Crippen LogP contribution in [0.25, 0.3) is 44.5 Å². The van der Waals surface area contributed by atoms with Crippen LogP contribution in [0.5, 0.6) is 0 Å². The molecule has 9 aromatic rings. The van der Waals surface area contributed by atoms with Crippen LogP contribution >= 0.6 is 0 Å². The van der Waals surface area contributed by atoms with E-state index in [-0.39, 0.29) is 10.8 Å². The first-order valence-corrected chi connectivity index (χ1v) is 22.6. The van der Waals surface area contributed by atoms with E-state index in [1.54, 1.807) is 0 Å². The number of hydrogen-bond acceptors (Lipinski definition) is 2. The van der Waals surface area contributed by atoms with Crippen LogP contribution in [0.2, 0.25) is 0 Å². The van der Waals surface area contributed by atoms with Gasteiger partial charge in [-0.3, -0.25) is 0 Å². The summed E-state index contributed by atoms with van der Waals surface area (Å²) in [5, 5.41) is 0. The fourth-order valence-corrected chi connectivity index (χ4v) is 10.4. The molecule has 0 bridgehead atoms. The molecular formula is C62H52N2. The SMILES string of the molecule is Cc1ccc(N(c2ccccc2)c2ccc(-c3ccc4c(c3)C(C)(C)c3cc5c(cc3-4)C(C)(C)c3cc(-c4ccc(N(c6ccccc6)c6ccc(C)cc6)cc4)ccc3-5)cc2)cc1. The van der Waals surface area contributed by atoms with Gasteiger partial charge < -0.3 is 9.80 Å². The van der Waals surface area contributed by atoms with Crippen LogP contribution in [0.1, 0.15) is 61.1 Å². The molecule has 310 valence electrons. The molecule has 0 saturated heterocycles. The molecule has 0 aromatic heterocycles. The Morgan fingerprint density at radius 1 is 0.266 bits per heavy atom. The van der Waals surface area contributed by atoms with E-state index in [0.717, 1.165) is 34.1 Å². The third kappa shape index (κ3) is 6.56. The Labute approximate surface area is 378 Å². The van der Waals surface area contributed by atoms with Crippen LogP contribution in [0, 0.1) is 13.8 Å². The molecule has 2 nitrogen and oxygen atoms in total. The van der Waals surface area contributed by atoms with Gasteiger partial charge in [-0.05, 0) is 178 Å². The zero-order valence-electron chi connectivity index (χ0n) is 37.5. The third-order valence-electron chi connectivity index (χ3n) is 14.0. The minimum absolute atomic E-state index is 0.147. The molecule has 0 atom stereocenters. The van der Waals surface area contributed by atoms with E-state index in [0.29, 0.717) is 0 Å². The zero-order valence-corrected chi connectivity index (χ0v) is 37.5. The summed E-state index contributed by atoms with van der Waals surface area (Å²) in [5.41, 5.74) is 25.0. The maximum Gasteiger partial charge on any atom is 0.0462 e. The van der Waals surface area contributed by atoms with E-state index in [2.05, 4.69) is 258 Å². The fourth-order valence-electron chi connectivity index (χ4n) is 10.4. The van der Waals surface area contributed by atoms with Crippen LogP contribution in [0.4, 0.5) is 34.1 Å². The highest BCUT2D eigenvalue weighted by atomic mass is 15.1. The van der Waals surface area contributed by atoms with Gasteiger partial charge in [-0.25, -0.2) is 0 Å².